The summed E-state index contributed by atoms with van der Waals surface area (Å²) in [7, 11) is 0. The van der Waals surface area contributed by atoms with Crippen LogP contribution in [0.2, 0.25) is 0 Å². The van der Waals surface area contributed by atoms with Crippen molar-refractivity contribution >= 4 is 17.8 Å². The van der Waals surface area contributed by atoms with Gasteiger partial charge in [-0.3, -0.25) is 9.59 Å². The minimum atomic E-state index is -3.08. The molecule has 18 unspecified atom stereocenters. The second kappa shape index (κ2) is 48.2. The number of aliphatic hydroxyl groups is 11. The fourth-order valence-electron chi connectivity index (χ4n) is 12.4. The first kappa shape index (κ1) is 81.7. The Kier molecular flexibility index (Phi) is 43.8. The number of carboxylic acid groups (broad SMARTS) is 1. The molecule has 14 N–H and O–H groups in total. The number of ether oxygens (including phenoxy) is 6. The van der Waals surface area contributed by atoms with Crippen molar-refractivity contribution in [3.63, 3.8) is 0 Å². The molecule has 23 nitrogen and oxygen atoms in total. The van der Waals surface area contributed by atoms with Crippen LogP contribution < -0.4 is 10.6 Å². The highest BCUT2D eigenvalue weighted by atomic mass is 16.8. The van der Waals surface area contributed by atoms with Crippen LogP contribution in [0.1, 0.15) is 258 Å². The highest BCUT2D eigenvalue weighted by Gasteiger charge is 2.60. The van der Waals surface area contributed by atoms with E-state index >= 15 is 0 Å². The number of carboxylic acids is 1. The Balaban J connectivity index is 1.56. The summed E-state index contributed by atoms with van der Waals surface area (Å²) in [6.45, 7) is 2.18. The van der Waals surface area contributed by atoms with E-state index in [9.17, 15) is 75.7 Å². The van der Waals surface area contributed by atoms with Crippen molar-refractivity contribution in [3.8, 4) is 0 Å². The molecule has 23 heteroatoms. The van der Waals surface area contributed by atoms with Gasteiger partial charge in [0.05, 0.1) is 50.7 Å². The van der Waals surface area contributed by atoms with Crippen LogP contribution >= 0.6 is 0 Å². The number of carbonyl (C=O) groups is 3. The molecule has 3 aliphatic rings. The predicted molar refractivity (Wildman–Crippen MR) is 338 cm³/mol. The number of rotatable bonds is 53. The molecule has 0 bridgehead atoms. The molecule has 0 saturated carbocycles. The molecule has 3 aliphatic heterocycles. The molecule has 3 saturated heterocycles. The van der Waals surface area contributed by atoms with Crippen LogP contribution in [0.25, 0.3) is 0 Å². The normalized spacial score (nSPS) is 28.6. The lowest BCUT2D eigenvalue weighted by molar-refractivity contribution is -0.386. The smallest absolute Gasteiger partial charge is 0.364 e. The van der Waals surface area contributed by atoms with Crippen LogP contribution in [-0.2, 0) is 42.8 Å². The van der Waals surface area contributed by atoms with Gasteiger partial charge in [0.1, 0.15) is 67.1 Å². The van der Waals surface area contributed by atoms with Crippen molar-refractivity contribution < 1.29 is 104 Å². The number of hydrogen-bond donors (Lipinski definition) is 14. The summed E-state index contributed by atoms with van der Waals surface area (Å²) in [6, 6.07) is -2.53. The van der Waals surface area contributed by atoms with E-state index < -0.39 is 148 Å². The zero-order valence-corrected chi connectivity index (χ0v) is 55.0. The van der Waals surface area contributed by atoms with Crippen LogP contribution in [0.4, 0.5) is 0 Å². The Bertz CT molecular complexity index is 1870. The predicted octanol–water partition coefficient (Wildman–Crippen LogP) is 6.29. The van der Waals surface area contributed by atoms with Crippen molar-refractivity contribution in [1.29, 1.82) is 0 Å². The summed E-state index contributed by atoms with van der Waals surface area (Å²) in [4.78, 5) is 38.5. The van der Waals surface area contributed by atoms with Crippen molar-refractivity contribution in [2.75, 3.05) is 26.4 Å². The fourth-order valence-corrected chi connectivity index (χ4v) is 12.4. The van der Waals surface area contributed by atoms with Crippen molar-refractivity contribution in [2.24, 2.45) is 0 Å². The van der Waals surface area contributed by atoms with Gasteiger partial charge in [-0.15, -0.1) is 0 Å². The molecule has 528 valence electrons. The van der Waals surface area contributed by atoms with Gasteiger partial charge in [-0.25, -0.2) is 4.79 Å². The van der Waals surface area contributed by atoms with E-state index in [0.29, 0.717) is 19.3 Å². The Morgan fingerprint density at radius 1 is 0.567 bits per heavy atom. The minimum absolute atomic E-state index is 0.214. The summed E-state index contributed by atoms with van der Waals surface area (Å²) < 4.78 is 34.8. The first-order valence-electron chi connectivity index (χ1n) is 35.0. The van der Waals surface area contributed by atoms with Gasteiger partial charge in [0.15, 0.2) is 12.6 Å². The highest BCUT2D eigenvalue weighted by molar-refractivity contribution is 5.77. The van der Waals surface area contributed by atoms with E-state index in [1.807, 2.05) is 0 Å². The van der Waals surface area contributed by atoms with Gasteiger partial charge < -0.3 is 100 Å². The van der Waals surface area contributed by atoms with Gasteiger partial charge in [-0.1, -0.05) is 212 Å². The SMILES string of the molecule is CCCCC/C=C\CCCCCCCC(=O)NC(COC1OC(CO)C(OC2OC(CO)C(O)C(OC3(C(=O)O)CC(O)C(NC(C)=O)C(C(O)C(O)CO)O3)C2O)C(O)C1O)C(O)CCCCCCCCCCCCCCCCCCCCCCCCCC. The average molecular weight is 1290 g/mol. The van der Waals surface area contributed by atoms with Crippen molar-refractivity contribution in [3.05, 3.63) is 12.2 Å². The summed E-state index contributed by atoms with van der Waals surface area (Å²) in [5.41, 5.74) is 0. The van der Waals surface area contributed by atoms with E-state index in [0.717, 1.165) is 71.1 Å². The van der Waals surface area contributed by atoms with Crippen LogP contribution in [0.15, 0.2) is 12.2 Å². The van der Waals surface area contributed by atoms with Gasteiger partial charge in [0.25, 0.3) is 5.79 Å². The second-order valence-electron chi connectivity index (χ2n) is 25.7. The Labute approximate surface area is 537 Å². The van der Waals surface area contributed by atoms with E-state index in [1.165, 1.54) is 141 Å². The number of amides is 2. The molecule has 0 aromatic heterocycles. The molecule has 2 amide bonds. The number of aliphatic hydroxyl groups excluding tert-OH is 11. The molecule has 90 heavy (non-hydrogen) atoms. The van der Waals surface area contributed by atoms with E-state index in [4.69, 9.17) is 28.4 Å². The largest absolute Gasteiger partial charge is 0.477 e. The first-order valence-corrected chi connectivity index (χ1v) is 35.0. The molecule has 18 atom stereocenters. The third-order valence-corrected chi connectivity index (χ3v) is 18.0. The summed E-state index contributed by atoms with van der Waals surface area (Å²) >= 11 is 0. The fraction of sp³-hybridized carbons (Fsp3) is 0.925. The quantitative estimate of drug-likeness (QED) is 0.0235. The molecule has 0 aliphatic carbocycles. The number of carbonyl (C=O) groups excluding carboxylic acids is 2. The lowest BCUT2D eigenvalue weighted by Crippen LogP contribution is -2.70. The molecule has 3 rings (SSSR count). The van der Waals surface area contributed by atoms with Gasteiger partial charge >= 0.3 is 5.97 Å². The lowest BCUT2D eigenvalue weighted by atomic mass is 9.88. The zero-order valence-electron chi connectivity index (χ0n) is 55.0. The third-order valence-electron chi connectivity index (χ3n) is 18.0. The number of hydrogen-bond acceptors (Lipinski definition) is 20. The number of allylic oxidation sites excluding steroid dienone is 2. The van der Waals surface area contributed by atoms with Crippen LogP contribution in [0.5, 0.6) is 0 Å². The minimum Gasteiger partial charge on any atom is -0.477 e. The standard InChI is InChI=1S/C67H124N2O21/c1-4-6-8-10-12-14-16-18-19-20-21-22-23-24-25-26-27-28-29-30-32-34-36-38-40-49(74)48(69-54(77)41-39-37-35-33-31-17-15-13-11-9-7-5-2)46-85-64-59(81)58(80)61(53(45-72)87-64)88-65-60(82)63(57(79)52(44-71)86-65)90-67(66(83)84)42-50(75)55(68-47(3)73)62(89-67)56(78)51(76)43-70/h13,15,48-53,55-65,70-72,74-76,78-82H,4-12,14,16-46H2,1-3H3,(H,68,73)(H,69,77)(H,83,84)/b15-13-. The van der Waals surface area contributed by atoms with E-state index in [-0.39, 0.29) is 18.9 Å². The van der Waals surface area contributed by atoms with Gasteiger partial charge in [0, 0.05) is 19.8 Å². The molecule has 0 aromatic carbocycles. The van der Waals surface area contributed by atoms with Crippen molar-refractivity contribution in [2.45, 2.75) is 368 Å². The van der Waals surface area contributed by atoms with Crippen LogP contribution in [0.3, 0.4) is 0 Å². The molecule has 0 aromatic rings. The Hall–Kier alpha value is -2.53. The topological polar surface area (TPSA) is 373 Å². The molecule has 3 heterocycles. The van der Waals surface area contributed by atoms with Crippen LogP contribution in [-0.4, -0.2) is 215 Å². The Morgan fingerprint density at radius 2 is 1.03 bits per heavy atom. The lowest BCUT2D eigenvalue weighted by Gasteiger charge is -2.50. The van der Waals surface area contributed by atoms with Crippen LogP contribution in [0, 0.1) is 0 Å². The molecular weight excluding hydrogens is 1170 g/mol. The first-order chi connectivity index (χ1) is 43.4. The number of nitrogens with one attached hydrogen (secondary N) is 2. The maximum absolute atomic E-state index is 13.4. The Morgan fingerprint density at radius 3 is 1.52 bits per heavy atom. The second-order valence-corrected chi connectivity index (χ2v) is 25.7. The maximum Gasteiger partial charge on any atom is 0.364 e. The summed E-state index contributed by atoms with van der Waals surface area (Å²) in [5, 5.41) is 136. The molecule has 3 fully saturated rings. The molecule has 0 radical (unpaired) electrons. The monoisotopic (exact) mass is 1290 g/mol. The van der Waals surface area contributed by atoms with Crippen molar-refractivity contribution in [1.82, 2.24) is 10.6 Å². The maximum atomic E-state index is 13.4. The number of unbranched alkanes of at least 4 members (excludes halogenated alkanes) is 31. The van der Waals surface area contributed by atoms with E-state index in [2.05, 4.69) is 36.6 Å². The zero-order chi connectivity index (χ0) is 66.1. The van der Waals surface area contributed by atoms with Gasteiger partial charge in [-0.2, -0.15) is 0 Å². The summed E-state index contributed by atoms with van der Waals surface area (Å²) in [5.74, 6) is -6.11. The third kappa shape index (κ3) is 30.5. The average Bonchev–Trinajstić information content (AvgIpc) is 0.974. The van der Waals surface area contributed by atoms with E-state index in [1.54, 1.807) is 0 Å². The molecular formula is C67H124N2O21. The summed E-state index contributed by atoms with van der Waals surface area (Å²) in [6.07, 6.45) is 16.6. The number of aliphatic carboxylic acids is 1. The van der Waals surface area contributed by atoms with Gasteiger partial charge in [0.2, 0.25) is 11.8 Å². The highest BCUT2D eigenvalue weighted by Crippen LogP contribution is 2.39. The van der Waals surface area contributed by atoms with Gasteiger partial charge in [-0.05, 0) is 38.5 Å². The molecule has 0 spiro atoms.